The van der Waals surface area contributed by atoms with E-state index in [0.29, 0.717) is 28.7 Å². The highest BCUT2D eigenvalue weighted by Crippen LogP contribution is 2.62. The summed E-state index contributed by atoms with van der Waals surface area (Å²) in [6.07, 6.45) is 2.97. The molecular weight excluding hydrogens is 619 g/mol. The van der Waals surface area contributed by atoms with Crippen LogP contribution in [0.3, 0.4) is 0 Å². The highest BCUT2D eigenvalue weighted by atomic mass is 35.5. The van der Waals surface area contributed by atoms with Gasteiger partial charge in [0.25, 0.3) is 0 Å². The summed E-state index contributed by atoms with van der Waals surface area (Å²) >= 11 is 12.6. The predicted molar refractivity (Wildman–Crippen MR) is 160 cm³/mol. The van der Waals surface area contributed by atoms with Crippen LogP contribution in [0.25, 0.3) is 0 Å². The number of hydrogen-bond donors (Lipinski definition) is 1. The van der Waals surface area contributed by atoms with Gasteiger partial charge in [0.15, 0.2) is 9.84 Å². The molecule has 43 heavy (non-hydrogen) atoms. The number of benzene rings is 3. The molecule has 0 unspecified atom stereocenters. The first-order valence-corrected chi connectivity index (χ1v) is 16.8. The molecule has 2 saturated heterocycles. The normalized spacial score (nSPS) is 26.7. The molecule has 3 fully saturated rings. The van der Waals surface area contributed by atoms with E-state index in [1.807, 2.05) is 0 Å². The van der Waals surface area contributed by atoms with E-state index in [0.717, 1.165) is 25.2 Å². The van der Waals surface area contributed by atoms with Gasteiger partial charge in [-0.1, -0.05) is 47.5 Å². The molecule has 7 rings (SSSR count). The number of fused-ring (bicyclic) bond motifs is 3. The van der Waals surface area contributed by atoms with Crippen LogP contribution in [0, 0.1) is 23.5 Å². The molecule has 224 valence electrons. The molecule has 1 saturated carbocycles. The van der Waals surface area contributed by atoms with E-state index < -0.39 is 50.6 Å². The lowest BCUT2D eigenvalue weighted by molar-refractivity contribution is -0.128. The van der Waals surface area contributed by atoms with Crippen LogP contribution in [0.15, 0.2) is 54.6 Å². The number of amides is 2. The second-order valence-electron chi connectivity index (χ2n) is 12.0. The monoisotopic (exact) mass is 645 g/mol. The van der Waals surface area contributed by atoms with Crippen molar-refractivity contribution in [2.75, 3.05) is 29.6 Å². The standard InChI is InChI=1S/C31H27Cl2F2N3O4S/c1-43(41,42)15-17-7-9-19(12-23(17)34)37-14-25-26(29(37)39)27(20-3-2-4-22(33)28(20)35)31(38(25)13-16-5-6-16)21-10-8-18(32)11-24(21)36-30(31)40/h2-4,7-12,16,25-27H,5-6,13-15H2,1H3,(H,36,40)/t25-,26+,27-,31+/m0/s1. The Balaban J connectivity index is 1.39. The quantitative estimate of drug-likeness (QED) is 0.382. The maximum atomic E-state index is 16.0. The Morgan fingerprint density at radius 3 is 2.51 bits per heavy atom. The number of nitrogens with one attached hydrogen (secondary N) is 1. The number of halogens is 4. The van der Waals surface area contributed by atoms with Gasteiger partial charge in [-0.25, -0.2) is 17.2 Å². The van der Waals surface area contributed by atoms with Crippen LogP contribution >= 0.6 is 23.2 Å². The average Bonchev–Trinajstić information content (AvgIpc) is 3.56. The number of hydrogen-bond acceptors (Lipinski definition) is 5. The van der Waals surface area contributed by atoms with Crippen LogP contribution in [0.4, 0.5) is 20.2 Å². The van der Waals surface area contributed by atoms with Crippen molar-refractivity contribution < 1.29 is 26.8 Å². The second-order valence-corrected chi connectivity index (χ2v) is 15.0. The minimum absolute atomic E-state index is 0.00386. The number of carbonyl (C=O) groups is 2. The van der Waals surface area contributed by atoms with Crippen molar-refractivity contribution in [2.45, 2.75) is 36.1 Å². The summed E-state index contributed by atoms with van der Waals surface area (Å²) in [6, 6.07) is 13.3. The molecule has 3 aromatic rings. The number of likely N-dealkylation sites (tertiary alicyclic amines) is 1. The largest absolute Gasteiger partial charge is 0.324 e. The molecule has 3 aliphatic heterocycles. The van der Waals surface area contributed by atoms with E-state index in [9.17, 15) is 18.0 Å². The molecule has 4 aliphatic rings. The van der Waals surface area contributed by atoms with Crippen LogP contribution in [-0.2, 0) is 30.7 Å². The molecule has 0 radical (unpaired) electrons. The summed E-state index contributed by atoms with van der Waals surface area (Å²) in [4.78, 5) is 32.2. The van der Waals surface area contributed by atoms with Crippen molar-refractivity contribution in [3.63, 3.8) is 0 Å². The first-order chi connectivity index (χ1) is 20.4. The molecule has 0 aromatic heterocycles. The summed E-state index contributed by atoms with van der Waals surface area (Å²) in [5.74, 6) is -4.15. The summed E-state index contributed by atoms with van der Waals surface area (Å²) in [5.41, 5.74) is 0.154. The van der Waals surface area contributed by atoms with Gasteiger partial charge in [-0.15, -0.1) is 0 Å². The predicted octanol–water partition coefficient (Wildman–Crippen LogP) is 5.50. The minimum Gasteiger partial charge on any atom is -0.324 e. The lowest BCUT2D eigenvalue weighted by Crippen LogP contribution is -2.54. The van der Waals surface area contributed by atoms with Gasteiger partial charge in [-0.05, 0) is 54.7 Å². The third-order valence-corrected chi connectivity index (χ3v) is 10.6. The summed E-state index contributed by atoms with van der Waals surface area (Å²) in [7, 11) is -3.48. The molecule has 4 atom stereocenters. The first-order valence-electron chi connectivity index (χ1n) is 14.0. The Bertz CT molecular complexity index is 1820. The molecule has 2 amide bonds. The van der Waals surface area contributed by atoms with Crippen LogP contribution in [0.2, 0.25) is 10.0 Å². The fourth-order valence-corrected chi connectivity index (χ4v) is 8.50. The maximum absolute atomic E-state index is 16.0. The maximum Gasteiger partial charge on any atom is 0.250 e. The van der Waals surface area contributed by atoms with Gasteiger partial charge in [0, 0.05) is 58.8 Å². The molecule has 12 heteroatoms. The van der Waals surface area contributed by atoms with Gasteiger partial charge in [-0.3, -0.25) is 14.5 Å². The van der Waals surface area contributed by atoms with E-state index in [1.165, 1.54) is 23.1 Å². The highest BCUT2D eigenvalue weighted by molar-refractivity contribution is 7.89. The Labute approximate surface area is 257 Å². The number of nitrogens with zero attached hydrogens (tertiary/aromatic N) is 2. The Morgan fingerprint density at radius 1 is 1.05 bits per heavy atom. The van der Waals surface area contributed by atoms with Crippen LogP contribution in [0.5, 0.6) is 0 Å². The van der Waals surface area contributed by atoms with E-state index >= 15 is 8.78 Å². The topological polar surface area (TPSA) is 86.8 Å². The molecule has 1 spiro atoms. The molecule has 3 heterocycles. The fourth-order valence-electron chi connectivity index (χ4n) is 7.35. The molecule has 1 N–H and O–H groups in total. The van der Waals surface area contributed by atoms with E-state index in [-0.39, 0.29) is 40.2 Å². The molecular formula is C31H27Cl2F2N3O4S. The van der Waals surface area contributed by atoms with Crippen molar-refractivity contribution in [3.05, 3.63) is 93.0 Å². The van der Waals surface area contributed by atoms with E-state index in [1.54, 1.807) is 30.3 Å². The smallest absolute Gasteiger partial charge is 0.250 e. The molecule has 1 aliphatic carbocycles. The van der Waals surface area contributed by atoms with Crippen LogP contribution in [0.1, 0.15) is 35.4 Å². The van der Waals surface area contributed by atoms with Gasteiger partial charge in [0.05, 0.1) is 16.7 Å². The molecule has 7 nitrogen and oxygen atoms in total. The van der Waals surface area contributed by atoms with Crippen molar-refractivity contribution >= 4 is 56.2 Å². The zero-order valence-electron chi connectivity index (χ0n) is 23.0. The number of sulfone groups is 1. The van der Waals surface area contributed by atoms with Gasteiger partial charge in [-0.2, -0.15) is 0 Å². The lowest BCUT2D eigenvalue weighted by atomic mass is 9.71. The van der Waals surface area contributed by atoms with E-state index in [4.69, 9.17) is 23.2 Å². The van der Waals surface area contributed by atoms with Crippen LogP contribution < -0.4 is 10.2 Å². The summed E-state index contributed by atoms with van der Waals surface area (Å²) in [5, 5.41) is 3.27. The number of rotatable bonds is 6. The SMILES string of the molecule is CS(=O)(=O)Cc1ccc(N2C[C@H]3[C@@H](C2=O)[C@H](c2cccc(Cl)c2F)[C@]2(C(=O)Nc4cc(Cl)ccc42)N3CC2CC2)cc1F. The van der Waals surface area contributed by atoms with Gasteiger partial charge < -0.3 is 10.2 Å². The zero-order chi connectivity index (χ0) is 30.4. The van der Waals surface area contributed by atoms with Gasteiger partial charge in [0.1, 0.15) is 17.2 Å². The number of carbonyl (C=O) groups excluding carboxylic acids is 2. The van der Waals surface area contributed by atoms with Crippen molar-refractivity contribution in [3.8, 4) is 0 Å². The minimum atomic E-state index is -3.48. The Hall–Kier alpha value is -3.05. The molecule has 3 aromatic carbocycles. The Morgan fingerprint density at radius 2 is 1.81 bits per heavy atom. The van der Waals surface area contributed by atoms with Crippen molar-refractivity contribution in [1.29, 1.82) is 0 Å². The van der Waals surface area contributed by atoms with Gasteiger partial charge >= 0.3 is 0 Å². The van der Waals surface area contributed by atoms with Crippen molar-refractivity contribution in [1.82, 2.24) is 4.90 Å². The highest BCUT2D eigenvalue weighted by Gasteiger charge is 2.71. The second kappa shape index (κ2) is 9.99. The third kappa shape index (κ3) is 4.48. The van der Waals surface area contributed by atoms with Crippen LogP contribution in [-0.4, -0.2) is 50.5 Å². The Kier molecular flexibility index (Phi) is 6.67. The molecule has 0 bridgehead atoms. The zero-order valence-corrected chi connectivity index (χ0v) is 25.3. The first kappa shape index (κ1) is 28.7. The summed E-state index contributed by atoms with van der Waals surface area (Å²) in [6.45, 7) is 0.649. The number of anilines is 2. The third-order valence-electron chi connectivity index (χ3n) is 9.22. The lowest BCUT2D eigenvalue weighted by Gasteiger charge is -2.41. The summed E-state index contributed by atoms with van der Waals surface area (Å²) < 4.78 is 54.6. The van der Waals surface area contributed by atoms with Crippen molar-refractivity contribution in [2.24, 2.45) is 11.8 Å². The van der Waals surface area contributed by atoms with E-state index in [2.05, 4.69) is 10.2 Å². The average molecular weight is 647 g/mol. The van der Waals surface area contributed by atoms with Gasteiger partial charge in [0.2, 0.25) is 11.8 Å². The fraction of sp³-hybridized carbons (Fsp3) is 0.355.